The largest absolute Gasteiger partial charge is 0.377 e. The molecule has 1 fully saturated rings. The number of thiazole rings is 1. The van der Waals surface area contributed by atoms with Crippen molar-refractivity contribution in [1.82, 2.24) is 4.98 Å². The molecule has 1 atom stereocenters. The maximum Gasteiger partial charge on any atom is 0.186 e. The Kier molecular flexibility index (Phi) is 3.56. The van der Waals surface area contributed by atoms with Gasteiger partial charge >= 0.3 is 0 Å². The molecule has 0 N–H and O–H groups in total. The topological polar surface area (TPSA) is 42.4 Å². The molecule has 1 aliphatic rings. The zero-order chi connectivity index (χ0) is 11.5. The van der Waals surface area contributed by atoms with Crippen molar-refractivity contribution in [2.75, 3.05) is 24.7 Å². The zero-order valence-corrected chi connectivity index (χ0v) is 10.4. The van der Waals surface area contributed by atoms with Gasteiger partial charge in [-0.15, -0.1) is 0 Å². The molecule has 1 saturated heterocycles. The van der Waals surface area contributed by atoms with E-state index in [0.29, 0.717) is 6.04 Å². The van der Waals surface area contributed by atoms with Crippen molar-refractivity contribution in [2.45, 2.75) is 26.3 Å². The van der Waals surface area contributed by atoms with Gasteiger partial charge in [0.05, 0.1) is 29.8 Å². The molecule has 1 aromatic rings. The van der Waals surface area contributed by atoms with Crippen LogP contribution < -0.4 is 4.90 Å². The summed E-state index contributed by atoms with van der Waals surface area (Å²) >= 11 is 1.48. The first-order chi connectivity index (χ1) is 7.76. The van der Waals surface area contributed by atoms with Gasteiger partial charge in [0.1, 0.15) is 0 Å². The predicted molar refractivity (Wildman–Crippen MR) is 64.5 cm³/mol. The highest BCUT2D eigenvalue weighted by Gasteiger charge is 2.24. The van der Waals surface area contributed by atoms with Gasteiger partial charge in [-0.2, -0.15) is 0 Å². The molecule has 2 rings (SSSR count). The summed E-state index contributed by atoms with van der Waals surface area (Å²) in [7, 11) is 0. The fourth-order valence-corrected chi connectivity index (χ4v) is 2.85. The molecule has 1 aromatic heterocycles. The molecule has 5 heteroatoms. The van der Waals surface area contributed by atoms with E-state index in [1.54, 1.807) is 0 Å². The van der Waals surface area contributed by atoms with E-state index < -0.39 is 0 Å². The Morgan fingerprint density at radius 1 is 1.69 bits per heavy atom. The number of anilines is 1. The molecular formula is C11H16N2O2S. The molecule has 0 bridgehead atoms. The summed E-state index contributed by atoms with van der Waals surface area (Å²) < 4.78 is 5.45. The van der Waals surface area contributed by atoms with E-state index in [4.69, 9.17) is 4.74 Å². The minimum absolute atomic E-state index is 0.388. The summed E-state index contributed by atoms with van der Waals surface area (Å²) in [6.07, 6.45) is 1.92. The number of ether oxygens (including phenoxy) is 1. The van der Waals surface area contributed by atoms with Crippen molar-refractivity contribution in [1.29, 1.82) is 0 Å². The first kappa shape index (κ1) is 11.5. The van der Waals surface area contributed by atoms with Crippen LogP contribution in [0.2, 0.25) is 0 Å². The van der Waals surface area contributed by atoms with Crippen molar-refractivity contribution < 1.29 is 9.53 Å². The predicted octanol–water partition coefficient (Wildman–Crippen LogP) is 1.88. The number of aromatic nitrogens is 1. The third kappa shape index (κ3) is 2.10. The average molecular weight is 240 g/mol. The first-order valence-corrected chi connectivity index (χ1v) is 6.35. The van der Waals surface area contributed by atoms with Gasteiger partial charge in [-0.05, 0) is 13.3 Å². The SMILES string of the molecule is CCC1COCCN1c1nc(C)c(C=O)s1. The fraction of sp³-hybridized carbons (Fsp3) is 0.636. The number of carbonyl (C=O) groups is 1. The van der Waals surface area contributed by atoms with Crippen LogP contribution in [-0.2, 0) is 4.74 Å². The minimum atomic E-state index is 0.388. The number of rotatable bonds is 3. The van der Waals surface area contributed by atoms with E-state index in [1.807, 2.05) is 6.92 Å². The highest BCUT2D eigenvalue weighted by molar-refractivity contribution is 7.17. The molecule has 88 valence electrons. The molecule has 0 amide bonds. The van der Waals surface area contributed by atoms with Crippen LogP contribution in [0.3, 0.4) is 0 Å². The van der Waals surface area contributed by atoms with Gasteiger partial charge in [-0.1, -0.05) is 18.3 Å². The van der Waals surface area contributed by atoms with E-state index in [0.717, 1.165) is 48.2 Å². The average Bonchev–Trinajstić information content (AvgIpc) is 2.70. The third-order valence-corrected chi connectivity index (χ3v) is 3.99. The Morgan fingerprint density at radius 3 is 3.12 bits per heavy atom. The van der Waals surface area contributed by atoms with Crippen LogP contribution in [-0.4, -0.2) is 37.1 Å². The lowest BCUT2D eigenvalue weighted by Crippen LogP contribution is -2.45. The molecule has 1 aliphatic heterocycles. The Bertz CT molecular complexity index is 378. The minimum Gasteiger partial charge on any atom is -0.377 e. The van der Waals surface area contributed by atoms with Crippen molar-refractivity contribution in [3.63, 3.8) is 0 Å². The Labute approximate surface area is 99.2 Å². The van der Waals surface area contributed by atoms with Gasteiger partial charge in [-0.25, -0.2) is 4.98 Å². The third-order valence-electron chi connectivity index (χ3n) is 2.87. The van der Waals surface area contributed by atoms with Gasteiger partial charge < -0.3 is 9.64 Å². The molecule has 1 unspecified atom stereocenters. The van der Waals surface area contributed by atoms with Crippen molar-refractivity contribution in [3.05, 3.63) is 10.6 Å². The van der Waals surface area contributed by atoms with E-state index in [-0.39, 0.29) is 0 Å². The second kappa shape index (κ2) is 4.93. The number of aryl methyl sites for hydroxylation is 1. The number of hydrogen-bond donors (Lipinski definition) is 0. The Hall–Kier alpha value is -0.940. The number of morpholine rings is 1. The van der Waals surface area contributed by atoms with Crippen LogP contribution in [0.25, 0.3) is 0 Å². The van der Waals surface area contributed by atoms with E-state index >= 15 is 0 Å². The number of hydrogen-bond acceptors (Lipinski definition) is 5. The van der Waals surface area contributed by atoms with Gasteiger partial charge in [0, 0.05) is 6.54 Å². The summed E-state index contributed by atoms with van der Waals surface area (Å²) in [5, 5.41) is 0.953. The second-order valence-corrected chi connectivity index (χ2v) is 4.90. The van der Waals surface area contributed by atoms with E-state index in [2.05, 4.69) is 16.8 Å². The number of aldehydes is 1. The van der Waals surface area contributed by atoms with Gasteiger partial charge in [-0.3, -0.25) is 4.79 Å². The van der Waals surface area contributed by atoms with Gasteiger partial charge in [0.15, 0.2) is 11.4 Å². The van der Waals surface area contributed by atoms with Crippen LogP contribution in [0.4, 0.5) is 5.13 Å². The molecule has 4 nitrogen and oxygen atoms in total. The molecule has 0 aromatic carbocycles. The van der Waals surface area contributed by atoms with Crippen molar-refractivity contribution in [3.8, 4) is 0 Å². The van der Waals surface area contributed by atoms with E-state index in [1.165, 1.54) is 11.3 Å². The summed E-state index contributed by atoms with van der Waals surface area (Å²) in [5.74, 6) is 0. The molecule has 16 heavy (non-hydrogen) atoms. The lowest BCUT2D eigenvalue weighted by molar-refractivity contribution is 0.0929. The van der Waals surface area contributed by atoms with Crippen LogP contribution in [0, 0.1) is 6.92 Å². The normalized spacial score (nSPS) is 21.1. The summed E-state index contributed by atoms with van der Waals surface area (Å²) in [4.78, 5) is 18.3. The highest BCUT2D eigenvalue weighted by Crippen LogP contribution is 2.28. The molecule has 2 heterocycles. The lowest BCUT2D eigenvalue weighted by Gasteiger charge is -2.34. The molecule has 0 radical (unpaired) electrons. The van der Waals surface area contributed by atoms with Crippen LogP contribution in [0.5, 0.6) is 0 Å². The van der Waals surface area contributed by atoms with Crippen molar-refractivity contribution >= 4 is 22.8 Å². The maximum absolute atomic E-state index is 10.8. The highest BCUT2D eigenvalue weighted by atomic mass is 32.1. The maximum atomic E-state index is 10.8. The zero-order valence-electron chi connectivity index (χ0n) is 9.60. The molecular weight excluding hydrogens is 224 g/mol. The van der Waals surface area contributed by atoms with E-state index in [9.17, 15) is 4.79 Å². The Morgan fingerprint density at radius 2 is 2.50 bits per heavy atom. The van der Waals surface area contributed by atoms with Crippen LogP contribution in [0.1, 0.15) is 28.7 Å². The summed E-state index contributed by atoms with van der Waals surface area (Å²) in [6, 6.07) is 0.388. The fourth-order valence-electron chi connectivity index (χ4n) is 1.87. The van der Waals surface area contributed by atoms with Crippen molar-refractivity contribution in [2.24, 2.45) is 0 Å². The quantitative estimate of drug-likeness (QED) is 0.757. The summed E-state index contributed by atoms with van der Waals surface area (Å²) in [5.41, 5.74) is 0.830. The van der Waals surface area contributed by atoms with Gasteiger partial charge in [0.2, 0.25) is 0 Å². The standard InChI is InChI=1S/C11H16N2O2S/c1-3-9-7-15-5-4-13(9)11-12-8(2)10(6-14)16-11/h6,9H,3-5,7H2,1-2H3. The van der Waals surface area contributed by atoms with Crippen LogP contribution >= 0.6 is 11.3 Å². The molecule has 0 spiro atoms. The Balaban J connectivity index is 2.23. The smallest absolute Gasteiger partial charge is 0.186 e. The monoisotopic (exact) mass is 240 g/mol. The molecule has 0 saturated carbocycles. The van der Waals surface area contributed by atoms with Crippen LogP contribution in [0.15, 0.2) is 0 Å². The number of carbonyl (C=O) groups excluding carboxylic acids is 1. The number of nitrogens with zero attached hydrogens (tertiary/aromatic N) is 2. The summed E-state index contributed by atoms with van der Waals surface area (Å²) in [6.45, 7) is 6.39. The lowest BCUT2D eigenvalue weighted by atomic mass is 10.2. The molecule has 0 aliphatic carbocycles. The van der Waals surface area contributed by atoms with Gasteiger partial charge in [0.25, 0.3) is 0 Å². The second-order valence-electron chi connectivity index (χ2n) is 3.89. The first-order valence-electron chi connectivity index (χ1n) is 5.53.